The number of rotatable bonds is 4. The fraction of sp³-hybridized carbons (Fsp3) is 0.417. The summed E-state index contributed by atoms with van der Waals surface area (Å²) in [5, 5.41) is 2.66. The maximum atomic E-state index is 12.9. The van der Waals surface area contributed by atoms with Crippen molar-refractivity contribution in [3.05, 3.63) is 35.4 Å². The molecule has 3 nitrogen and oxygen atoms in total. The van der Waals surface area contributed by atoms with Gasteiger partial charge in [0.2, 0.25) is 5.91 Å². The Balaban J connectivity index is 1.83. The predicted octanol–water partition coefficient (Wildman–Crippen LogP) is 1.11. The van der Waals surface area contributed by atoms with E-state index in [0.717, 1.165) is 6.07 Å². The number of hydrogen-bond acceptors (Lipinski definition) is 2. The third-order valence-electron chi connectivity index (χ3n) is 2.86. The molecule has 17 heavy (non-hydrogen) atoms. The topological polar surface area (TPSA) is 55.1 Å². The molecule has 0 bridgehead atoms. The number of nitrogens with two attached hydrogens (primary N) is 1. The summed E-state index contributed by atoms with van der Waals surface area (Å²) < 4.78 is 25.7. The summed E-state index contributed by atoms with van der Waals surface area (Å²) in [5.74, 6) is -1.40. The summed E-state index contributed by atoms with van der Waals surface area (Å²) >= 11 is 0. The van der Waals surface area contributed by atoms with Crippen molar-refractivity contribution in [2.45, 2.75) is 24.8 Å². The monoisotopic (exact) mass is 240 g/mol. The number of halogens is 2. The van der Waals surface area contributed by atoms with E-state index in [9.17, 15) is 13.6 Å². The van der Waals surface area contributed by atoms with Gasteiger partial charge >= 0.3 is 0 Å². The maximum absolute atomic E-state index is 12.9. The third kappa shape index (κ3) is 3.00. The van der Waals surface area contributed by atoms with Crippen LogP contribution >= 0.6 is 0 Å². The van der Waals surface area contributed by atoms with E-state index in [1.165, 1.54) is 12.1 Å². The molecule has 0 aromatic heterocycles. The average Bonchev–Trinajstić information content (AvgIpc) is 2.96. The first-order valence-electron chi connectivity index (χ1n) is 5.52. The summed E-state index contributed by atoms with van der Waals surface area (Å²) in [6.45, 7) is 0.334. The Hall–Kier alpha value is -1.49. The first-order chi connectivity index (χ1) is 7.99. The highest BCUT2D eigenvalue weighted by atomic mass is 19.1. The van der Waals surface area contributed by atoms with Crippen LogP contribution in [0.4, 0.5) is 8.78 Å². The molecule has 0 spiro atoms. The highest BCUT2D eigenvalue weighted by molar-refractivity contribution is 5.88. The summed E-state index contributed by atoms with van der Waals surface area (Å²) in [6, 6.07) is 3.33. The molecule has 0 aliphatic heterocycles. The number of nitrogens with one attached hydrogen (secondary N) is 1. The molecular weight excluding hydrogens is 226 g/mol. The van der Waals surface area contributed by atoms with Crippen molar-refractivity contribution in [3.8, 4) is 0 Å². The second-order valence-corrected chi connectivity index (χ2v) is 4.44. The van der Waals surface area contributed by atoms with Gasteiger partial charge in [0.1, 0.15) is 11.6 Å². The number of benzene rings is 1. The SMILES string of the molecule is NC1(C(=O)NCCc2cc(F)cc(F)c2)CC1. The first-order valence-corrected chi connectivity index (χ1v) is 5.52. The lowest BCUT2D eigenvalue weighted by Gasteiger charge is -2.09. The van der Waals surface area contributed by atoms with Crippen LogP contribution in [0.25, 0.3) is 0 Å². The molecule has 0 heterocycles. The fourth-order valence-electron chi connectivity index (χ4n) is 1.61. The molecule has 0 saturated heterocycles. The average molecular weight is 240 g/mol. The largest absolute Gasteiger partial charge is 0.354 e. The quantitative estimate of drug-likeness (QED) is 0.828. The molecule has 0 atom stereocenters. The standard InChI is InChI=1S/C12H14F2N2O/c13-9-5-8(6-10(14)7-9)1-4-16-11(17)12(15)2-3-12/h5-7H,1-4,15H2,(H,16,17). The van der Waals surface area contributed by atoms with E-state index >= 15 is 0 Å². The van der Waals surface area contributed by atoms with E-state index in [0.29, 0.717) is 31.4 Å². The lowest BCUT2D eigenvalue weighted by atomic mass is 10.1. The lowest BCUT2D eigenvalue weighted by molar-refractivity contribution is -0.123. The van der Waals surface area contributed by atoms with Gasteiger partial charge in [0.15, 0.2) is 0 Å². The highest BCUT2D eigenvalue weighted by Gasteiger charge is 2.45. The molecule has 0 radical (unpaired) electrons. The molecule has 5 heteroatoms. The van der Waals surface area contributed by atoms with Crippen LogP contribution in [0.15, 0.2) is 18.2 Å². The van der Waals surface area contributed by atoms with Crippen molar-refractivity contribution in [1.82, 2.24) is 5.32 Å². The van der Waals surface area contributed by atoms with Gasteiger partial charge < -0.3 is 11.1 Å². The Bertz CT molecular complexity index is 424. The molecule has 1 aliphatic carbocycles. The van der Waals surface area contributed by atoms with Gasteiger partial charge in [-0.25, -0.2) is 8.78 Å². The minimum absolute atomic E-state index is 0.186. The van der Waals surface area contributed by atoms with Gasteiger partial charge in [-0.1, -0.05) is 0 Å². The van der Waals surface area contributed by atoms with Crippen LogP contribution in [0.1, 0.15) is 18.4 Å². The van der Waals surface area contributed by atoms with E-state index in [-0.39, 0.29) is 5.91 Å². The molecule has 1 aliphatic rings. The van der Waals surface area contributed by atoms with Crippen LogP contribution in [0.2, 0.25) is 0 Å². The second-order valence-electron chi connectivity index (χ2n) is 4.44. The number of amides is 1. The van der Waals surface area contributed by atoms with Crippen LogP contribution < -0.4 is 11.1 Å². The van der Waals surface area contributed by atoms with E-state index in [1.54, 1.807) is 0 Å². The van der Waals surface area contributed by atoms with Gasteiger partial charge in [-0.2, -0.15) is 0 Å². The molecule has 1 aromatic rings. The van der Waals surface area contributed by atoms with Gasteiger partial charge in [-0.3, -0.25) is 4.79 Å². The minimum Gasteiger partial charge on any atom is -0.354 e. The second kappa shape index (κ2) is 4.41. The van der Waals surface area contributed by atoms with Crippen molar-refractivity contribution in [2.24, 2.45) is 5.73 Å². The van der Waals surface area contributed by atoms with Gasteiger partial charge in [-0.05, 0) is 37.0 Å². The van der Waals surface area contributed by atoms with Crippen molar-refractivity contribution < 1.29 is 13.6 Å². The van der Waals surface area contributed by atoms with Crippen molar-refractivity contribution in [2.75, 3.05) is 6.54 Å². The Morgan fingerprint density at radius 3 is 2.41 bits per heavy atom. The van der Waals surface area contributed by atoms with Gasteiger partial charge in [-0.15, -0.1) is 0 Å². The summed E-state index contributed by atoms with van der Waals surface area (Å²) in [6.07, 6.45) is 1.79. The normalized spacial score (nSPS) is 16.6. The van der Waals surface area contributed by atoms with Crippen molar-refractivity contribution in [1.29, 1.82) is 0 Å². The highest BCUT2D eigenvalue weighted by Crippen LogP contribution is 2.31. The summed E-state index contributed by atoms with van der Waals surface area (Å²) in [5.41, 5.74) is 5.50. The van der Waals surface area contributed by atoms with Crippen molar-refractivity contribution >= 4 is 5.91 Å². The minimum atomic E-state index is -0.701. The van der Waals surface area contributed by atoms with Gasteiger partial charge in [0, 0.05) is 12.6 Å². The van der Waals surface area contributed by atoms with E-state index < -0.39 is 17.2 Å². The molecule has 1 saturated carbocycles. The Kier molecular flexibility index (Phi) is 3.11. The van der Waals surface area contributed by atoms with E-state index in [1.807, 2.05) is 0 Å². The van der Waals surface area contributed by atoms with E-state index in [2.05, 4.69) is 5.32 Å². The van der Waals surface area contributed by atoms with Crippen LogP contribution in [0.3, 0.4) is 0 Å². The van der Waals surface area contributed by atoms with E-state index in [4.69, 9.17) is 5.73 Å². The zero-order chi connectivity index (χ0) is 12.5. The summed E-state index contributed by atoms with van der Waals surface area (Å²) in [4.78, 5) is 11.5. The smallest absolute Gasteiger partial charge is 0.240 e. The molecule has 1 fully saturated rings. The zero-order valence-electron chi connectivity index (χ0n) is 9.30. The molecule has 1 aromatic carbocycles. The van der Waals surface area contributed by atoms with Crippen molar-refractivity contribution in [3.63, 3.8) is 0 Å². The number of carbonyl (C=O) groups is 1. The fourth-order valence-corrected chi connectivity index (χ4v) is 1.61. The van der Waals surface area contributed by atoms with Crippen LogP contribution in [0.5, 0.6) is 0 Å². The molecule has 3 N–H and O–H groups in total. The molecule has 2 rings (SSSR count). The summed E-state index contributed by atoms with van der Waals surface area (Å²) in [7, 11) is 0. The first kappa shape index (κ1) is 12.0. The Labute approximate surface area is 98.0 Å². The lowest BCUT2D eigenvalue weighted by Crippen LogP contribution is -2.43. The number of carbonyl (C=O) groups excluding carboxylic acids is 1. The predicted molar refractivity (Wildman–Crippen MR) is 59.2 cm³/mol. The van der Waals surface area contributed by atoms with Crippen LogP contribution in [-0.2, 0) is 11.2 Å². The molecule has 0 unspecified atom stereocenters. The molecule has 1 amide bonds. The molecule has 92 valence electrons. The maximum Gasteiger partial charge on any atom is 0.240 e. The number of hydrogen-bond donors (Lipinski definition) is 2. The van der Waals surface area contributed by atoms with Gasteiger partial charge in [0.05, 0.1) is 5.54 Å². The Morgan fingerprint density at radius 2 is 1.88 bits per heavy atom. The Morgan fingerprint density at radius 1 is 1.29 bits per heavy atom. The van der Waals surface area contributed by atoms with Gasteiger partial charge in [0.25, 0.3) is 0 Å². The zero-order valence-corrected chi connectivity index (χ0v) is 9.30. The van der Waals surface area contributed by atoms with Crippen LogP contribution in [-0.4, -0.2) is 18.0 Å². The van der Waals surface area contributed by atoms with Crippen LogP contribution in [0, 0.1) is 11.6 Å². The molecular formula is C12H14F2N2O. The third-order valence-corrected chi connectivity index (χ3v) is 2.86.